The van der Waals surface area contributed by atoms with E-state index in [-0.39, 0.29) is 11.8 Å². The summed E-state index contributed by atoms with van der Waals surface area (Å²) >= 11 is 0. The molecule has 0 aromatic carbocycles. The Morgan fingerprint density at radius 3 is 2.65 bits per heavy atom. The molecule has 2 bridgehead atoms. The van der Waals surface area contributed by atoms with Gasteiger partial charge in [-0.2, -0.15) is 0 Å². The Hall–Kier alpha value is -1.52. The third-order valence-corrected chi connectivity index (χ3v) is 17.3. The molecule has 3 heterocycles. The largest absolute Gasteiger partial charge is 0.481 e. The molecule has 9 heteroatoms. The first kappa shape index (κ1) is 28.6. The maximum Gasteiger partial charge on any atom is 0.315 e. The van der Waals surface area contributed by atoms with Crippen LogP contribution in [0.5, 0.6) is 0 Å². The lowest BCUT2D eigenvalue weighted by molar-refractivity contribution is -0.270. The average Bonchev–Trinajstić information content (AvgIpc) is 3.58. The summed E-state index contributed by atoms with van der Waals surface area (Å²) in [6.45, 7) is 13.8. The number of carbonyl (C=O) groups is 2. The number of cyclic esters (lactones) is 1. The summed E-state index contributed by atoms with van der Waals surface area (Å²) in [5, 5.41) is 11.1. The molecule has 5 fully saturated rings. The maximum atomic E-state index is 13.6. The smallest absolute Gasteiger partial charge is 0.315 e. The van der Waals surface area contributed by atoms with Crippen LogP contribution in [-0.2, 0) is 33.0 Å². The molecule has 8 nitrogen and oxygen atoms in total. The van der Waals surface area contributed by atoms with Crippen molar-refractivity contribution < 1.29 is 38.1 Å². The molecule has 40 heavy (non-hydrogen) atoms. The number of aliphatic carboxylic acids is 1. The molecule has 3 aliphatic heterocycles. The summed E-state index contributed by atoms with van der Waals surface area (Å²) < 4.78 is 31.9. The number of carboxylic acid groups (broad SMARTS) is 1. The van der Waals surface area contributed by atoms with Gasteiger partial charge in [0.1, 0.15) is 11.0 Å². The number of ether oxygens (including phenoxy) is 4. The Bertz CT molecular complexity index is 1100. The molecule has 1 spiro atoms. The number of carboxylic acids is 1. The van der Waals surface area contributed by atoms with Crippen LogP contribution in [0.1, 0.15) is 66.2 Å². The minimum atomic E-state index is -2.23. The van der Waals surface area contributed by atoms with Crippen LogP contribution in [0.4, 0.5) is 0 Å². The van der Waals surface area contributed by atoms with E-state index in [1.54, 1.807) is 7.11 Å². The second-order valence-corrected chi connectivity index (χ2v) is 18.5. The van der Waals surface area contributed by atoms with Gasteiger partial charge in [-0.3, -0.25) is 9.59 Å². The monoisotopic (exact) mass is 574 g/mol. The van der Waals surface area contributed by atoms with E-state index < -0.39 is 67.2 Å². The summed E-state index contributed by atoms with van der Waals surface area (Å²) in [5.41, 5.74) is -1.59. The van der Waals surface area contributed by atoms with Gasteiger partial charge in [0.25, 0.3) is 0 Å². The van der Waals surface area contributed by atoms with Gasteiger partial charge in [-0.15, -0.1) is 0 Å². The zero-order valence-electron chi connectivity index (χ0n) is 24.6. The van der Waals surface area contributed by atoms with Gasteiger partial charge in [-0.1, -0.05) is 64.8 Å². The third-order valence-electron chi connectivity index (χ3n) is 12.0. The van der Waals surface area contributed by atoms with E-state index in [0.717, 1.165) is 43.3 Å². The van der Waals surface area contributed by atoms with Crippen molar-refractivity contribution >= 4 is 20.3 Å². The number of fused-ring (bicyclic) bond motifs is 4. The van der Waals surface area contributed by atoms with E-state index >= 15 is 0 Å². The van der Waals surface area contributed by atoms with Crippen LogP contribution in [0, 0.1) is 34.5 Å². The molecule has 0 amide bonds. The topological polar surface area (TPSA) is 101 Å². The number of rotatable bonds is 8. The van der Waals surface area contributed by atoms with Crippen LogP contribution in [0.3, 0.4) is 0 Å². The van der Waals surface area contributed by atoms with Crippen molar-refractivity contribution in [3.63, 3.8) is 0 Å². The molecule has 0 aromatic heterocycles. The SMILES string of the molecule is C=C1C([C@]2(C(=O)O)C=C[C@H]3CCCC[C@@]34COC(=O)[C@H]42)[C@@H]2C[C@H]1[C@@]1(O[Si](CC)(CC)C(C)C)C[C@@H](OC)O[C@H]1O2. The van der Waals surface area contributed by atoms with Gasteiger partial charge in [-0.05, 0) is 42.8 Å². The van der Waals surface area contributed by atoms with Gasteiger partial charge in [0.05, 0.1) is 18.6 Å². The number of methoxy groups -OCH3 is 1. The number of esters is 1. The molecule has 0 radical (unpaired) electrons. The second-order valence-electron chi connectivity index (χ2n) is 13.6. The van der Waals surface area contributed by atoms with Crippen molar-refractivity contribution in [1.29, 1.82) is 0 Å². The quantitative estimate of drug-likeness (QED) is 0.233. The van der Waals surface area contributed by atoms with Crippen molar-refractivity contribution in [2.24, 2.45) is 34.5 Å². The first-order chi connectivity index (χ1) is 19.0. The van der Waals surface area contributed by atoms with Gasteiger partial charge in [0.2, 0.25) is 0 Å². The summed E-state index contributed by atoms with van der Waals surface area (Å²) in [5.74, 6) is -2.76. The van der Waals surface area contributed by atoms with Gasteiger partial charge in [0.15, 0.2) is 20.9 Å². The molecule has 222 valence electrons. The van der Waals surface area contributed by atoms with Crippen LogP contribution in [0.25, 0.3) is 0 Å². The Morgan fingerprint density at radius 1 is 1.25 bits per heavy atom. The van der Waals surface area contributed by atoms with Gasteiger partial charge in [0, 0.05) is 30.8 Å². The second kappa shape index (κ2) is 9.76. The Kier molecular flexibility index (Phi) is 6.98. The fourth-order valence-corrected chi connectivity index (χ4v) is 13.6. The summed E-state index contributed by atoms with van der Waals surface area (Å²) in [4.78, 5) is 27.1. The fraction of sp³-hybridized carbons (Fsp3) is 0.806. The van der Waals surface area contributed by atoms with Crippen LogP contribution >= 0.6 is 0 Å². The standard InChI is InChI=1S/C31H46O8Si/c1-7-40(8-2,18(3)4)39-31-16-23(35-6)38-28(31)37-22-15-21(31)19(5)24(22)30(27(33)34)14-12-20-11-9-10-13-29(20)17-36-26(32)25(29)30/h12,14,18,20-25,28H,5,7-11,13,15-17H2,1-4,6H3,(H,33,34)/t20-,21-,22+,23+,24?,25-,28-,29-,30-,31+/m1/s1. The number of hydrogen-bond donors (Lipinski definition) is 1. The predicted octanol–water partition coefficient (Wildman–Crippen LogP) is 5.44. The van der Waals surface area contributed by atoms with Crippen LogP contribution in [-0.4, -0.2) is 63.4 Å². The summed E-state index contributed by atoms with van der Waals surface area (Å²) in [7, 11) is -0.599. The van der Waals surface area contributed by atoms with E-state index in [0.29, 0.717) is 25.0 Å². The Balaban J connectivity index is 1.46. The normalized spacial score (nSPS) is 45.8. The Labute approximate surface area is 238 Å². The number of allylic oxidation sites excluding steroid dienone is 1. The fourth-order valence-electron chi connectivity index (χ4n) is 9.89. The highest BCUT2D eigenvalue weighted by molar-refractivity contribution is 6.75. The van der Waals surface area contributed by atoms with Crippen molar-refractivity contribution in [1.82, 2.24) is 0 Å². The lowest BCUT2D eigenvalue weighted by Gasteiger charge is -2.52. The summed E-state index contributed by atoms with van der Waals surface area (Å²) in [6, 6.07) is 1.91. The molecule has 1 N–H and O–H groups in total. The minimum absolute atomic E-state index is 0.145. The van der Waals surface area contributed by atoms with Crippen LogP contribution < -0.4 is 0 Å². The van der Waals surface area contributed by atoms with Gasteiger partial charge in [-0.25, -0.2) is 0 Å². The lowest BCUT2D eigenvalue weighted by atomic mass is 9.47. The molecule has 3 saturated heterocycles. The molecule has 1 unspecified atom stereocenters. The molecular weight excluding hydrogens is 528 g/mol. The van der Waals surface area contributed by atoms with E-state index in [9.17, 15) is 14.7 Å². The third kappa shape index (κ3) is 3.57. The molecular formula is C31H46O8Si. The highest BCUT2D eigenvalue weighted by Crippen LogP contribution is 2.68. The first-order valence-electron chi connectivity index (χ1n) is 15.4. The van der Waals surface area contributed by atoms with Gasteiger partial charge < -0.3 is 28.5 Å². The van der Waals surface area contributed by atoms with E-state index in [4.69, 9.17) is 23.4 Å². The highest BCUT2D eigenvalue weighted by atomic mass is 28.4. The Morgan fingerprint density at radius 2 is 2.00 bits per heavy atom. The number of carbonyl (C=O) groups excluding carboxylic acids is 1. The number of hydrogen-bond acceptors (Lipinski definition) is 7. The molecule has 3 aliphatic carbocycles. The average molecular weight is 575 g/mol. The molecule has 6 aliphatic rings. The molecule has 0 aromatic rings. The van der Waals surface area contributed by atoms with E-state index in [2.05, 4.69) is 40.3 Å². The molecule has 2 saturated carbocycles. The maximum absolute atomic E-state index is 13.6. The van der Waals surface area contributed by atoms with Crippen LogP contribution in [0.15, 0.2) is 24.3 Å². The lowest BCUT2D eigenvalue weighted by Crippen LogP contribution is -2.60. The summed E-state index contributed by atoms with van der Waals surface area (Å²) in [6.07, 6.45) is 7.20. The van der Waals surface area contributed by atoms with Crippen molar-refractivity contribution in [3.05, 3.63) is 24.3 Å². The van der Waals surface area contributed by atoms with Crippen molar-refractivity contribution in [2.45, 2.75) is 108 Å². The van der Waals surface area contributed by atoms with Crippen molar-refractivity contribution in [3.8, 4) is 0 Å². The predicted molar refractivity (Wildman–Crippen MR) is 150 cm³/mol. The zero-order chi connectivity index (χ0) is 28.7. The molecule has 10 atom stereocenters. The zero-order valence-corrected chi connectivity index (χ0v) is 25.6. The van der Waals surface area contributed by atoms with Gasteiger partial charge >= 0.3 is 11.9 Å². The van der Waals surface area contributed by atoms with Crippen molar-refractivity contribution in [2.75, 3.05) is 13.7 Å². The minimum Gasteiger partial charge on any atom is -0.481 e. The molecule has 6 rings (SSSR count). The van der Waals surface area contributed by atoms with Crippen LogP contribution in [0.2, 0.25) is 17.6 Å². The highest BCUT2D eigenvalue weighted by Gasteiger charge is 2.75. The van der Waals surface area contributed by atoms with E-state index in [1.807, 2.05) is 6.08 Å². The van der Waals surface area contributed by atoms with E-state index in [1.165, 1.54) is 0 Å². The first-order valence-corrected chi connectivity index (χ1v) is 17.8.